The summed E-state index contributed by atoms with van der Waals surface area (Å²) < 4.78 is 0.699. The van der Waals surface area contributed by atoms with E-state index in [0.717, 1.165) is 5.69 Å². The summed E-state index contributed by atoms with van der Waals surface area (Å²) in [5, 5.41) is 0. The molecule has 1 aromatic heterocycles. The highest BCUT2D eigenvalue weighted by Crippen LogP contribution is 2.02. The highest BCUT2D eigenvalue weighted by Gasteiger charge is 1.92. The highest BCUT2D eigenvalue weighted by molar-refractivity contribution is 14.1. The molecule has 3 nitrogen and oxygen atoms in total. The van der Waals surface area contributed by atoms with Gasteiger partial charge in [-0.1, -0.05) is 0 Å². The summed E-state index contributed by atoms with van der Waals surface area (Å²) in [5.74, 6) is 0.534. The van der Waals surface area contributed by atoms with Crippen LogP contribution in [0.5, 0.6) is 0 Å². The van der Waals surface area contributed by atoms with E-state index in [-0.39, 0.29) is 0 Å². The quantitative estimate of drug-likeness (QED) is 0.538. The first-order valence-electron chi connectivity index (χ1n) is 2.45. The molecule has 0 amide bonds. The van der Waals surface area contributed by atoms with Crippen molar-refractivity contribution in [1.82, 2.24) is 9.97 Å². The van der Waals surface area contributed by atoms with Crippen LogP contribution in [0, 0.1) is 10.8 Å². The molecule has 0 bridgehead atoms. The van der Waals surface area contributed by atoms with Gasteiger partial charge in [0.15, 0.2) is 3.83 Å². The van der Waals surface area contributed by atoms with E-state index in [1.807, 2.05) is 29.5 Å². The van der Waals surface area contributed by atoms with Crippen LogP contribution >= 0.6 is 22.6 Å². The number of halogens is 1. The summed E-state index contributed by atoms with van der Waals surface area (Å²) >= 11 is 2.03. The Kier molecular flexibility index (Phi) is 1.84. The molecule has 0 saturated carbocycles. The van der Waals surface area contributed by atoms with Crippen LogP contribution in [0.4, 0.5) is 5.82 Å². The van der Waals surface area contributed by atoms with Crippen LogP contribution in [0.2, 0.25) is 0 Å². The van der Waals surface area contributed by atoms with Crippen LogP contribution in [0.3, 0.4) is 0 Å². The number of anilines is 1. The maximum absolute atomic E-state index is 5.40. The third kappa shape index (κ3) is 1.78. The largest absolute Gasteiger partial charge is 0.384 e. The van der Waals surface area contributed by atoms with Gasteiger partial charge in [0.05, 0.1) is 0 Å². The van der Waals surface area contributed by atoms with Gasteiger partial charge in [-0.3, -0.25) is 0 Å². The Bertz CT molecular complexity index is 173. The number of aromatic nitrogens is 2. The predicted octanol–water partition coefficient (Wildman–Crippen LogP) is 0.972. The minimum atomic E-state index is 0.534. The second-order valence-electron chi connectivity index (χ2n) is 1.70. The number of nitrogens with zero attached hydrogens (tertiary/aromatic N) is 2. The van der Waals surface area contributed by atoms with Crippen molar-refractivity contribution in [3.05, 3.63) is 15.6 Å². The number of hydrogen-bond donors (Lipinski definition) is 1. The summed E-state index contributed by atoms with van der Waals surface area (Å²) in [6.45, 7) is 1.89. The van der Waals surface area contributed by atoms with Gasteiger partial charge in [0, 0.05) is 34.4 Å². The van der Waals surface area contributed by atoms with Gasteiger partial charge in [0.1, 0.15) is 5.82 Å². The lowest BCUT2D eigenvalue weighted by Crippen LogP contribution is -1.96. The molecular weight excluding hydrogens is 229 g/mol. The minimum Gasteiger partial charge on any atom is -0.384 e. The second kappa shape index (κ2) is 2.47. The molecule has 0 aliphatic carbocycles. The molecule has 0 radical (unpaired) electrons. The van der Waals surface area contributed by atoms with Gasteiger partial charge in [-0.2, -0.15) is 0 Å². The van der Waals surface area contributed by atoms with Gasteiger partial charge in [-0.25, -0.2) is 9.97 Å². The zero-order valence-electron chi connectivity index (χ0n) is 4.93. The van der Waals surface area contributed by atoms with E-state index >= 15 is 0 Å². The first kappa shape index (κ1) is 6.73. The van der Waals surface area contributed by atoms with Crippen molar-refractivity contribution in [2.45, 2.75) is 6.92 Å². The number of nitrogen functional groups attached to an aromatic ring is 1. The zero-order chi connectivity index (χ0) is 6.85. The Morgan fingerprint density at radius 2 is 2.22 bits per heavy atom. The molecule has 0 atom stereocenters. The van der Waals surface area contributed by atoms with Crippen LogP contribution in [0.15, 0.2) is 6.07 Å². The Morgan fingerprint density at radius 3 is 2.67 bits per heavy atom. The maximum atomic E-state index is 5.40. The molecule has 1 aromatic rings. The summed E-state index contributed by atoms with van der Waals surface area (Å²) in [5.41, 5.74) is 6.31. The van der Waals surface area contributed by atoms with E-state index in [0.29, 0.717) is 9.65 Å². The summed E-state index contributed by atoms with van der Waals surface area (Å²) in [6, 6.07) is 1.74. The van der Waals surface area contributed by atoms with Gasteiger partial charge in [-0.05, 0) is 6.92 Å². The van der Waals surface area contributed by atoms with Crippen LogP contribution in [-0.2, 0) is 0 Å². The molecule has 2 N–H and O–H groups in total. The predicted molar refractivity (Wildman–Crippen MR) is 43.9 cm³/mol. The zero-order valence-corrected chi connectivity index (χ0v) is 7.08. The van der Waals surface area contributed by atoms with Crippen molar-refractivity contribution in [2.24, 2.45) is 0 Å². The lowest BCUT2D eigenvalue weighted by atomic mass is 10.4. The van der Waals surface area contributed by atoms with Gasteiger partial charge in [0.2, 0.25) is 0 Å². The van der Waals surface area contributed by atoms with E-state index in [1.54, 1.807) is 6.07 Å². The van der Waals surface area contributed by atoms with Crippen LogP contribution < -0.4 is 5.73 Å². The third-order valence-corrected chi connectivity index (χ3v) is 1.33. The lowest BCUT2D eigenvalue weighted by Gasteiger charge is -1.93. The van der Waals surface area contributed by atoms with Crippen LogP contribution in [-0.4, -0.2) is 9.97 Å². The fraction of sp³-hybridized carbons (Fsp3) is 0.200. The Labute approximate surface area is 66.8 Å². The van der Waals surface area contributed by atoms with Crippen molar-refractivity contribution in [2.75, 3.05) is 5.73 Å². The molecule has 0 unspecified atom stereocenters. The van der Waals surface area contributed by atoms with E-state index in [9.17, 15) is 0 Å². The molecule has 1 rings (SSSR count). The molecule has 4 heteroatoms. The maximum Gasteiger partial charge on any atom is 0.192 e. The Balaban J connectivity index is 3.17. The van der Waals surface area contributed by atoms with Crippen molar-refractivity contribution in [3.8, 4) is 0 Å². The van der Waals surface area contributed by atoms with Crippen molar-refractivity contribution in [3.63, 3.8) is 0 Å². The SMILES string of the molecule is Cc1cc(N)nc(I)n1. The number of nitrogens with two attached hydrogens (primary N) is 1. The fourth-order valence-electron chi connectivity index (χ4n) is 0.556. The first-order valence-corrected chi connectivity index (χ1v) is 3.53. The smallest absolute Gasteiger partial charge is 0.192 e. The molecule has 0 fully saturated rings. The molecule has 9 heavy (non-hydrogen) atoms. The standard InChI is InChI=1S/C5H6IN3/c1-3-2-4(7)9-5(6)8-3/h2H,1H3,(H2,7,8,9). The molecule has 0 aromatic carbocycles. The minimum absolute atomic E-state index is 0.534. The van der Waals surface area contributed by atoms with Crippen molar-refractivity contribution in [1.29, 1.82) is 0 Å². The topological polar surface area (TPSA) is 51.8 Å². The van der Waals surface area contributed by atoms with E-state index in [4.69, 9.17) is 5.73 Å². The Morgan fingerprint density at radius 1 is 1.56 bits per heavy atom. The average Bonchev–Trinajstić information content (AvgIpc) is 1.59. The number of rotatable bonds is 0. The molecule has 0 spiro atoms. The summed E-state index contributed by atoms with van der Waals surface area (Å²) in [6.07, 6.45) is 0. The molecule has 0 saturated heterocycles. The number of aryl methyl sites for hydroxylation is 1. The average molecular weight is 235 g/mol. The van der Waals surface area contributed by atoms with Crippen molar-refractivity contribution >= 4 is 28.4 Å². The molecule has 0 aliphatic heterocycles. The van der Waals surface area contributed by atoms with E-state index in [1.165, 1.54) is 0 Å². The van der Waals surface area contributed by atoms with Crippen LogP contribution in [0.1, 0.15) is 5.69 Å². The fourth-order valence-corrected chi connectivity index (χ4v) is 1.21. The highest BCUT2D eigenvalue weighted by atomic mass is 127. The molecule has 48 valence electrons. The molecule has 0 aliphatic rings. The van der Waals surface area contributed by atoms with Gasteiger partial charge in [0.25, 0.3) is 0 Å². The lowest BCUT2D eigenvalue weighted by molar-refractivity contribution is 1.06. The monoisotopic (exact) mass is 235 g/mol. The second-order valence-corrected chi connectivity index (χ2v) is 2.67. The normalized spacial score (nSPS) is 9.56. The van der Waals surface area contributed by atoms with Gasteiger partial charge in [-0.15, -0.1) is 0 Å². The first-order chi connectivity index (χ1) is 4.18. The third-order valence-electron chi connectivity index (χ3n) is 0.847. The molecule has 1 heterocycles. The molecular formula is C5H6IN3. The Hall–Kier alpha value is -0.390. The summed E-state index contributed by atoms with van der Waals surface area (Å²) in [4.78, 5) is 7.92. The number of hydrogen-bond acceptors (Lipinski definition) is 3. The van der Waals surface area contributed by atoms with Crippen molar-refractivity contribution < 1.29 is 0 Å². The van der Waals surface area contributed by atoms with E-state index < -0.39 is 0 Å². The van der Waals surface area contributed by atoms with Gasteiger partial charge < -0.3 is 5.73 Å². The summed E-state index contributed by atoms with van der Waals surface area (Å²) in [7, 11) is 0. The van der Waals surface area contributed by atoms with Gasteiger partial charge >= 0.3 is 0 Å². The van der Waals surface area contributed by atoms with Crippen LogP contribution in [0.25, 0.3) is 0 Å². The van der Waals surface area contributed by atoms with E-state index in [2.05, 4.69) is 9.97 Å².